The van der Waals surface area contributed by atoms with E-state index in [2.05, 4.69) is 19.2 Å². The molecule has 0 radical (unpaired) electrons. The largest absolute Gasteiger partial charge is 0.353 e. The molecule has 0 saturated carbocycles. The summed E-state index contributed by atoms with van der Waals surface area (Å²) < 4.78 is 1.68. The van der Waals surface area contributed by atoms with Crippen LogP contribution in [0.3, 0.4) is 0 Å². The van der Waals surface area contributed by atoms with Gasteiger partial charge < -0.3 is 5.32 Å². The molecule has 0 fully saturated rings. The molecule has 158 valence electrons. The van der Waals surface area contributed by atoms with E-state index in [0.29, 0.717) is 5.16 Å². The highest BCUT2D eigenvalue weighted by Crippen LogP contribution is 2.35. The van der Waals surface area contributed by atoms with E-state index in [1.54, 1.807) is 15.9 Å². The molecule has 1 aromatic carbocycles. The van der Waals surface area contributed by atoms with Crippen LogP contribution in [-0.2, 0) is 17.6 Å². The standard InChI is InChI=1S/C23H27N3O2S2/c1-3-15(4-2)24-19(27)14-29-23-25-21-20(17-12-8-9-13-18(17)30-21)22(28)26(23)16-10-6-5-7-11-16/h5-7,10-11,15H,3-4,8-9,12-14H2,1-2H3,(H,24,27). The van der Waals surface area contributed by atoms with Crippen molar-refractivity contribution in [3.8, 4) is 5.69 Å². The molecule has 0 saturated heterocycles. The summed E-state index contributed by atoms with van der Waals surface area (Å²) in [6.07, 6.45) is 6.09. The first-order chi connectivity index (χ1) is 14.6. The molecule has 30 heavy (non-hydrogen) atoms. The first-order valence-corrected chi connectivity index (χ1v) is 12.5. The van der Waals surface area contributed by atoms with E-state index in [-0.39, 0.29) is 23.3 Å². The number of fused-ring (bicyclic) bond motifs is 3. The van der Waals surface area contributed by atoms with Crippen LogP contribution in [0.25, 0.3) is 15.9 Å². The van der Waals surface area contributed by atoms with E-state index in [1.807, 2.05) is 30.3 Å². The topological polar surface area (TPSA) is 64.0 Å². The molecule has 2 heterocycles. The van der Waals surface area contributed by atoms with Gasteiger partial charge >= 0.3 is 0 Å². The fourth-order valence-electron chi connectivity index (χ4n) is 3.98. The first-order valence-electron chi connectivity index (χ1n) is 10.7. The number of para-hydroxylation sites is 1. The Bertz CT molecular complexity index is 1100. The molecule has 0 unspecified atom stereocenters. The molecular weight excluding hydrogens is 414 g/mol. The van der Waals surface area contributed by atoms with Crippen molar-refractivity contribution in [2.75, 3.05) is 5.75 Å². The van der Waals surface area contributed by atoms with Crippen molar-refractivity contribution in [3.63, 3.8) is 0 Å². The Hall–Kier alpha value is -2.12. The monoisotopic (exact) mass is 441 g/mol. The number of hydrogen-bond donors (Lipinski definition) is 1. The first kappa shape index (κ1) is 21.1. The SMILES string of the molecule is CCC(CC)NC(=O)CSc1nc2sc3c(c2c(=O)n1-c1ccccc1)CCCC3. The Labute approximate surface area is 184 Å². The zero-order chi connectivity index (χ0) is 21.1. The van der Waals surface area contributed by atoms with Gasteiger partial charge in [0.15, 0.2) is 5.16 Å². The fourth-order valence-corrected chi connectivity index (χ4v) is 6.11. The number of thiophene rings is 1. The van der Waals surface area contributed by atoms with Gasteiger partial charge in [0.05, 0.1) is 16.8 Å². The molecule has 0 atom stereocenters. The van der Waals surface area contributed by atoms with Crippen LogP contribution in [0.5, 0.6) is 0 Å². The highest BCUT2D eigenvalue weighted by molar-refractivity contribution is 7.99. The zero-order valence-electron chi connectivity index (χ0n) is 17.4. The number of aryl methyl sites for hydroxylation is 2. The Morgan fingerprint density at radius 1 is 1.20 bits per heavy atom. The van der Waals surface area contributed by atoms with Crippen molar-refractivity contribution < 1.29 is 4.79 Å². The Kier molecular flexibility index (Phi) is 6.58. The van der Waals surface area contributed by atoms with E-state index in [9.17, 15) is 9.59 Å². The van der Waals surface area contributed by atoms with Crippen molar-refractivity contribution in [2.45, 2.75) is 63.6 Å². The second kappa shape index (κ2) is 9.35. The number of hydrogen-bond acceptors (Lipinski definition) is 5. The number of carbonyl (C=O) groups is 1. The highest BCUT2D eigenvalue weighted by Gasteiger charge is 2.23. The minimum absolute atomic E-state index is 0.0199. The van der Waals surface area contributed by atoms with Gasteiger partial charge in [-0.3, -0.25) is 14.2 Å². The molecule has 1 aliphatic rings. The number of nitrogens with zero attached hydrogens (tertiary/aromatic N) is 2. The summed E-state index contributed by atoms with van der Waals surface area (Å²) in [5.41, 5.74) is 1.95. The average molecular weight is 442 g/mol. The van der Waals surface area contributed by atoms with Crippen molar-refractivity contribution in [1.82, 2.24) is 14.9 Å². The summed E-state index contributed by atoms with van der Waals surface area (Å²) in [5, 5.41) is 4.41. The van der Waals surface area contributed by atoms with Crippen LogP contribution in [0, 0.1) is 0 Å². The number of amides is 1. The van der Waals surface area contributed by atoms with Gasteiger partial charge in [0.1, 0.15) is 4.83 Å². The fraction of sp³-hybridized carbons (Fsp3) is 0.435. The summed E-state index contributed by atoms with van der Waals surface area (Å²) in [6.45, 7) is 4.14. The van der Waals surface area contributed by atoms with Gasteiger partial charge in [-0.25, -0.2) is 4.98 Å². The third-order valence-electron chi connectivity index (χ3n) is 5.66. The number of rotatable bonds is 7. The molecular formula is C23H27N3O2S2. The van der Waals surface area contributed by atoms with Crippen LogP contribution in [0.2, 0.25) is 0 Å². The van der Waals surface area contributed by atoms with Crippen molar-refractivity contribution in [3.05, 3.63) is 51.1 Å². The minimum atomic E-state index is -0.0202. The third kappa shape index (κ3) is 4.18. The van der Waals surface area contributed by atoms with Gasteiger partial charge in [-0.1, -0.05) is 43.8 Å². The van der Waals surface area contributed by atoms with Gasteiger partial charge in [-0.15, -0.1) is 11.3 Å². The van der Waals surface area contributed by atoms with E-state index in [4.69, 9.17) is 4.98 Å². The third-order valence-corrected chi connectivity index (χ3v) is 7.78. The Balaban J connectivity index is 1.74. The summed E-state index contributed by atoms with van der Waals surface area (Å²) in [5.74, 6) is 0.222. The lowest BCUT2D eigenvalue weighted by atomic mass is 9.97. The van der Waals surface area contributed by atoms with Gasteiger partial charge in [-0.2, -0.15) is 0 Å². The van der Waals surface area contributed by atoms with Crippen molar-refractivity contribution in [1.29, 1.82) is 0 Å². The van der Waals surface area contributed by atoms with Crippen LogP contribution >= 0.6 is 23.1 Å². The van der Waals surface area contributed by atoms with E-state index < -0.39 is 0 Å². The average Bonchev–Trinajstić information content (AvgIpc) is 3.15. The summed E-state index contributed by atoms with van der Waals surface area (Å²) >= 11 is 2.98. The lowest BCUT2D eigenvalue weighted by Crippen LogP contribution is -2.35. The van der Waals surface area contributed by atoms with Crippen molar-refractivity contribution in [2.24, 2.45) is 0 Å². The number of thioether (sulfide) groups is 1. The summed E-state index contributed by atoms with van der Waals surface area (Å²) in [7, 11) is 0. The van der Waals surface area contributed by atoms with Gasteiger partial charge in [-0.05, 0) is 56.2 Å². The van der Waals surface area contributed by atoms with E-state index >= 15 is 0 Å². The molecule has 7 heteroatoms. The van der Waals surface area contributed by atoms with Crippen LogP contribution in [0.1, 0.15) is 50.0 Å². The normalized spacial score (nSPS) is 13.6. The maximum Gasteiger partial charge on any atom is 0.267 e. The van der Waals surface area contributed by atoms with E-state index in [1.165, 1.54) is 28.6 Å². The van der Waals surface area contributed by atoms with Crippen LogP contribution in [0.4, 0.5) is 0 Å². The van der Waals surface area contributed by atoms with Gasteiger partial charge in [0, 0.05) is 10.9 Å². The lowest BCUT2D eigenvalue weighted by molar-refractivity contribution is -0.119. The Morgan fingerprint density at radius 2 is 1.93 bits per heavy atom. The van der Waals surface area contributed by atoms with Gasteiger partial charge in [0.2, 0.25) is 5.91 Å². The van der Waals surface area contributed by atoms with Crippen LogP contribution < -0.4 is 10.9 Å². The quantitative estimate of drug-likeness (QED) is 0.426. The molecule has 3 aromatic rings. The number of benzene rings is 1. The predicted molar refractivity (Wildman–Crippen MR) is 125 cm³/mol. The maximum atomic E-state index is 13.6. The van der Waals surface area contributed by atoms with Crippen LogP contribution in [0.15, 0.2) is 40.3 Å². The molecule has 1 N–H and O–H groups in total. The molecule has 0 aliphatic heterocycles. The number of nitrogens with one attached hydrogen (secondary N) is 1. The van der Waals surface area contributed by atoms with E-state index in [0.717, 1.165) is 48.0 Å². The summed E-state index contributed by atoms with van der Waals surface area (Å²) in [4.78, 5) is 33.0. The van der Waals surface area contributed by atoms with Crippen LogP contribution in [-0.4, -0.2) is 27.3 Å². The highest BCUT2D eigenvalue weighted by atomic mass is 32.2. The maximum absolute atomic E-state index is 13.6. The lowest BCUT2D eigenvalue weighted by Gasteiger charge is -2.16. The zero-order valence-corrected chi connectivity index (χ0v) is 19.1. The molecule has 0 bridgehead atoms. The molecule has 4 rings (SSSR count). The predicted octanol–water partition coefficient (Wildman–Crippen LogP) is 4.72. The second-order valence-corrected chi connectivity index (χ2v) is 9.66. The molecule has 2 aromatic heterocycles. The molecule has 0 spiro atoms. The molecule has 5 nitrogen and oxygen atoms in total. The minimum Gasteiger partial charge on any atom is -0.353 e. The Morgan fingerprint density at radius 3 is 2.67 bits per heavy atom. The van der Waals surface area contributed by atoms with Gasteiger partial charge in [0.25, 0.3) is 5.56 Å². The second-order valence-electron chi connectivity index (χ2n) is 7.63. The molecule has 1 aliphatic carbocycles. The molecule has 1 amide bonds. The number of aromatic nitrogens is 2. The number of carbonyl (C=O) groups excluding carboxylic acids is 1. The smallest absolute Gasteiger partial charge is 0.267 e. The summed E-state index contributed by atoms with van der Waals surface area (Å²) in [6, 6.07) is 9.80. The van der Waals surface area contributed by atoms with Crippen molar-refractivity contribution >= 4 is 39.2 Å².